The zero-order chi connectivity index (χ0) is 15.5. The van der Waals surface area contributed by atoms with Gasteiger partial charge >= 0.3 is 0 Å². The first-order valence-corrected chi connectivity index (χ1v) is 9.44. The third-order valence-corrected chi connectivity index (χ3v) is 6.10. The van der Waals surface area contributed by atoms with Crippen molar-refractivity contribution in [1.29, 1.82) is 0 Å². The Morgan fingerprint density at radius 2 is 1.71 bits per heavy atom. The van der Waals surface area contributed by atoms with E-state index < -0.39 is 19.9 Å². The zero-order valence-electron chi connectivity index (χ0n) is 10.8. The Hall–Kier alpha value is -1.35. The molecule has 9 heteroatoms. The van der Waals surface area contributed by atoms with Crippen molar-refractivity contribution >= 4 is 31.5 Å². The molecule has 114 valence electrons. The van der Waals surface area contributed by atoms with Gasteiger partial charge in [0.2, 0.25) is 0 Å². The number of aromatic nitrogens is 1. The molecule has 0 aliphatic rings. The lowest BCUT2D eigenvalue weighted by molar-refractivity contribution is 0.578. The molecule has 0 aliphatic heterocycles. The lowest BCUT2D eigenvalue weighted by Gasteiger charge is -2.06. The molecule has 0 spiro atoms. The summed E-state index contributed by atoms with van der Waals surface area (Å²) in [5.74, 6) is -0.339. The zero-order valence-corrected chi connectivity index (χ0v) is 13.2. The Bertz CT molecular complexity index is 797. The minimum absolute atomic E-state index is 0.00797. The molecule has 0 bridgehead atoms. The van der Waals surface area contributed by atoms with E-state index in [2.05, 4.69) is 9.71 Å². The normalized spacial score (nSPS) is 12.4. The summed E-state index contributed by atoms with van der Waals surface area (Å²) in [5.41, 5.74) is 0. The molecule has 21 heavy (non-hydrogen) atoms. The minimum Gasteiger partial charge on any atom is -0.351 e. The van der Waals surface area contributed by atoms with Crippen LogP contribution in [0, 0.1) is 0 Å². The Balaban J connectivity index is 2.01. The monoisotopic (exact) mass is 348 g/mol. The molecule has 6 nitrogen and oxygen atoms in total. The van der Waals surface area contributed by atoms with Gasteiger partial charge in [-0.3, -0.25) is 0 Å². The van der Waals surface area contributed by atoms with Crippen molar-refractivity contribution in [2.75, 3.05) is 12.3 Å². The predicted octanol–water partition coefficient (Wildman–Crippen LogP) is 1.42. The van der Waals surface area contributed by atoms with Crippen LogP contribution >= 0.6 is 11.6 Å². The largest absolute Gasteiger partial charge is 0.351 e. The standard InChI is InChI=1S/C12H13ClN2O4S2/c13-10-3-5-11(6-4-10)20(16,17)9-8-15-21(18,19)12-2-1-7-14-12/h1-7,14-15H,8-9H2. The number of hydrogen-bond donors (Lipinski definition) is 2. The van der Waals surface area contributed by atoms with Gasteiger partial charge in [-0.1, -0.05) is 11.6 Å². The fourth-order valence-corrected chi connectivity index (χ4v) is 4.05. The van der Waals surface area contributed by atoms with Crippen LogP contribution in [0.2, 0.25) is 5.02 Å². The predicted molar refractivity (Wildman–Crippen MR) is 79.5 cm³/mol. The third-order valence-electron chi connectivity index (χ3n) is 2.69. The number of nitrogens with one attached hydrogen (secondary N) is 2. The highest BCUT2D eigenvalue weighted by Gasteiger charge is 2.18. The molecule has 0 radical (unpaired) electrons. The molecule has 0 atom stereocenters. The fraction of sp³-hybridized carbons (Fsp3) is 0.167. The highest BCUT2D eigenvalue weighted by atomic mass is 35.5. The van der Waals surface area contributed by atoms with Gasteiger partial charge in [-0.2, -0.15) is 0 Å². The molecule has 0 aliphatic carbocycles. The van der Waals surface area contributed by atoms with Gasteiger partial charge in [0, 0.05) is 17.8 Å². The molecular formula is C12H13ClN2O4S2. The number of rotatable bonds is 6. The van der Waals surface area contributed by atoms with E-state index in [4.69, 9.17) is 11.6 Å². The summed E-state index contributed by atoms with van der Waals surface area (Å²) in [7, 11) is -7.28. The summed E-state index contributed by atoms with van der Waals surface area (Å²) in [4.78, 5) is 2.65. The summed E-state index contributed by atoms with van der Waals surface area (Å²) in [6.45, 7) is -0.216. The average Bonchev–Trinajstić information content (AvgIpc) is 2.93. The molecule has 2 N–H and O–H groups in total. The Morgan fingerprint density at radius 3 is 2.29 bits per heavy atom. The maximum atomic E-state index is 12.0. The summed E-state index contributed by atoms with van der Waals surface area (Å²) in [6, 6.07) is 8.64. The quantitative estimate of drug-likeness (QED) is 0.825. The van der Waals surface area contributed by atoms with Crippen molar-refractivity contribution in [3.05, 3.63) is 47.6 Å². The smallest absolute Gasteiger partial charge is 0.256 e. The van der Waals surface area contributed by atoms with E-state index in [1.165, 1.54) is 36.5 Å². The average molecular weight is 349 g/mol. The van der Waals surface area contributed by atoms with Crippen LogP contribution in [-0.4, -0.2) is 34.1 Å². The molecule has 0 fully saturated rings. The fourth-order valence-electron chi connectivity index (χ4n) is 1.63. The van der Waals surface area contributed by atoms with Crippen LogP contribution in [0.25, 0.3) is 0 Å². The summed E-state index contributed by atoms with van der Waals surface area (Å²) in [6.07, 6.45) is 1.47. The van der Waals surface area contributed by atoms with Gasteiger partial charge in [0.25, 0.3) is 10.0 Å². The first-order chi connectivity index (χ1) is 9.81. The first-order valence-electron chi connectivity index (χ1n) is 5.93. The summed E-state index contributed by atoms with van der Waals surface area (Å²) >= 11 is 5.69. The van der Waals surface area contributed by atoms with Crippen LogP contribution in [0.5, 0.6) is 0 Å². The second-order valence-electron chi connectivity index (χ2n) is 4.20. The number of aromatic amines is 1. The van der Waals surface area contributed by atoms with Crippen LogP contribution in [0.4, 0.5) is 0 Å². The number of hydrogen-bond acceptors (Lipinski definition) is 4. The second kappa shape index (κ2) is 6.18. The molecule has 0 unspecified atom stereocenters. The lowest BCUT2D eigenvalue weighted by atomic mass is 10.4. The molecular weight excluding hydrogens is 336 g/mol. The van der Waals surface area contributed by atoms with E-state index in [-0.39, 0.29) is 22.2 Å². The van der Waals surface area contributed by atoms with Crippen molar-refractivity contribution < 1.29 is 16.8 Å². The minimum atomic E-state index is -3.72. The van der Waals surface area contributed by atoms with Gasteiger partial charge in [-0.15, -0.1) is 0 Å². The molecule has 1 aromatic carbocycles. The molecule has 0 saturated carbocycles. The van der Waals surface area contributed by atoms with E-state index in [1.807, 2.05) is 0 Å². The molecule has 2 aromatic rings. The number of sulfone groups is 1. The van der Waals surface area contributed by atoms with Crippen molar-refractivity contribution in [3.8, 4) is 0 Å². The maximum Gasteiger partial charge on any atom is 0.256 e. The van der Waals surface area contributed by atoms with Gasteiger partial charge in [-0.25, -0.2) is 21.6 Å². The second-order valence-corrected chi connectivity index (χ2v) is 8.49. The maximum absolute atomic E-state index is 12.0. The highest BCUT2D eigenvalue weighted by Crippen LogP contribution is 2.15. The molecule has 1 aromatic heterocycles. The van der Waals surface area contributed by atoms with Crippen LogP contribution < -0.4 is 4.72 Å². The van der Waals surface area contributed by atoms with Crippen molar-refractivity contribution in [1.82, 2.24) is 9.71 Å². The Kier molecular flexibility index (Phi) is 4.72. The Labute approximate surface area is 128 Å². The molecule has 0 saturated heterocycles. The first kappa shape index (κ1) is 16.0. The van der Waals surface area contributed by atoms with Gasteiger partial charge in [-0.05, 0) is 36.4 Å². The molecule has 0 amide bonds. The third kappa shape index (κ3) is 4.07. The Morgan fingerprint density at radius 1 is 1.05 bits per heavy atom. The van der Waals surface area contributed by atoms with Gasteiger partial charge in [0.15, 0.2) is 9.84 Å². The van der Waals surface area contributed by atoms with E-state index in [1.54, 1.807) is 6.07 Å². The van der Waals surface area contributed by atoms with Crippen LogP contribution in [0.3, 0.4) is 0 Å². The van der Waals surface area contributed by atoms with Crippen molar-refractivity contribution in [2.45, 2.75) is 9.92 Å². The van der Waals surface area contributed by atoms with Gasteiger partial charge in [0.1, 0.15) is 5.03 Å². The molecule has 1 heterocycles. The van der Waals surface area contributed by atoms with E-state index in [9.17, 15) is 16.8 Å². The van der Waals surface area contributed by atoms with Crippen LogP contribution in [-0.2, 0) is 19.9 Å². The van der Waals surface area contributed by atoms with Crippen molar-refractivity contribution in [3.63, 3.8) is 0 Å². The summed E-state index contributed by atoms with van der Waals surface area (Å²) < 4.78 is 49.9. The topological polar surface area (TPSA) is 96.1 Å². The number of benzene rings is 1. The lowest BCUT2D eigenvalue weighted by Crippen LogP contribution is -2.29. The van der Waals surface area contributed by atoms with Gasteiger partial charge < -0.3 is 4.98 Å². The highest BCUT2D eigenvalue weighted by molar-refractivity contribution is 7.91. The SMILES string of the molecule is O=S(=O)(CCNS(=O)(=O)c1ccc[nH]1)c1ccc(Cl)cc1. The van der Waals surface area contributed by atoms with Crippen LogP contribution in [0.15, 0.2) is 52.5 Å². The number of halogens is 1. The molecule has 2 rings (SSSR count). The van der Waals surface area contributed by atoms with E-state index in [0.29, 0.717) is 5.02 Å². The number of H-pyrrole nitrogens is 1. The van der Waals surface area contributed by atoms with E-state index in [0.717, 1.165) is 0 Å². The van der Waals surface area contributed by atoms with Crippen molar-refractivity contribution in [2.24, 2.45) is 0 Å². The number of sulfonamides is 1. The summed E-state index contributed by atoms with van der Waals surface area (Å²) in [5, 5.41) is 0.424. The van der Waals surface area contributed by atoms with Gasteiger partial charge in [0.05, 0.1) is 10.6 Å². The van der Waals surface area contributed by atoms with Crippen LogP contribution in [0.1, 0.15) is 0 Å². The van der Waals surface area contributed by atoms with E-state index >= 15 is 0 Å².